The summed E-state index contributed by atoms with van der Waals surface area (Å²) in [5, 5.41) is 14.3. The number of anilines is 1. The highest BCUT2D eigenvalue weighted by Gasteiger charge is 2.41. The van der Waals surface area contributed by atoms with Crippen molar-refractivity contribution in [2.75, 3.05) is 24.5 Å². The summed E-state index contributed by atoms with van der Waals surface area (Å²) in [5.74, 6) is -1.26. The van der Waals surface area contributed by atoms with E-state index in [1.165, 1.54) is 30.3 Å². The third-order valence-corrected chi connectivity index (χ3v) is 7.00. The van der Waals surface area contributed by atoms with E-state index in [9.17, 15) is 23.7 Å². The molecule has 0 radical (unpaired) electrons. The van der Waals surface area contributed by atoms with Gasteiger partial charge in [-0.3, -0.25) is 19.8 Å². The SMILES string of the molecule is O=C(NCc1cccc(F)c1)[C@@H]1Cc2cc([N+](=O)[O-])ccc2N2CCN(Cc3ccc(F)cc3)C[C@@H]12. The third-order valence-electron chi connectivity index (χ3n) is 7.00. The second kappa shape index (κ2) is 10.0. The van der Waals surface area contributed by atoms with Gasteiger partial charge in [0.2, 0.25) is 5.91 Å². The lowest BCUT2D eigenvalue weighted by Crippen LogP contribution is -2.60. The number of carbonyl (C=O) groups excluding carboxylic acids is 1. The van der Waals surface area contributed by atoms with E-state index >= 15 is 0 Å². The number of nitro groups is 1. The first-order chi connectivity index (χ1) is 17.4. The van der Waals surface area contributed by atoms with Gasteiger partial charge in [0.25, 0.3) is 5.69 Å². The van der Waals surface area contributed by atoms with Crippen LogP contribution in [0.4, 0.5) is 20.2 Å². The van der Waals surface area contributed by atoms with Gasteiger partial charge in [-0.2, -0.15) is 0 Å². The molecule has 2 aliphatic rings. The molecule has 0 bridgehead atoms. The van der Waals surface area contributed by atoms with Crippen molar-refractivity contribution in [2.24, 2.45) is 5.92 Å². The molecule has 2 heterocycles. The van der Waals surface area contributed by atoms with Crippen molar-refractivity contribution >= 4 is 17.3 Å². The van der Waals surface area contributed by atoms with Crippen LogP contribution < -0.4 is 10.2 Å². The Morgan fingerprint density at radius 3 is 2.56 bits per heavy atom. The smallest absolute Gasteiger partial charge is 0.269 e. The molecule has 3 aromatic rings. The predicted octanol–water partition coefficient (Wildman–Crippen LogP) is 4.05. The van der Waals surface area contributed by atoms with Crippen LogP contribution in [-0.4, -0.2) is 41.4 Å². The molecule has 1 amide bonds. The van der Waals surface area contributed by atoms with Crippen LogP contribution in [0.3, 0.4) is 0 Å². The number of fused-ring (bicyclic) bond motifs is 3. The summed E-state index contributed by atoms with van der Waals surface area (Å²) < 4.78 is 26.9. The number of nitrogens with zero attached hydrogens (tertiary/aromatic N) is 3. The summed E-state index contributed by atoms with van der Waals surface area (Å²) in [5.41, 5.74) is 3.35. The lowest BCUT2D eigenvalue weighted by molar-refractivity contribution is -0.384. The number of halogens is 2. The molecule has 5 rings (SSSR count). The normalized spacial score (nSPS) is 19.3. The molecule has 3 aromatic carbocycles. The minimum atomic E-state index is -0.441. The van der Waals surface area contributed by atoms with Crippen molar-refractivity contribution in [1.29, 1.82) is 0 Å². The van der Waals surface area contributed by atoms with E-state index in [0.29, 0.717) is 31.6 Å². The van der Waals surface area contributed by atoms with Gasteiger partial charge < -0.3 is 10.2 Å². The van der Waals surface area contributed by atoms with Crippen molar-refractivity contribution in [1.82, 2.24) is 10.2 Å². The van der Waals surface area contributed by atoms with E-state index in [1.807, 2.05) is 0 Å². The molecule has 0 spiro atoms. The van der Waals surface area contributed by atoms with Gasteiger partial charge in [0.15, 0.2) is 0 Å². The number of benzene rings is 3. The van der Waals surface area contributed by atoms with Crippen LogP contribution in [0.5, 0.6) is 0 Å². The van der Waals surface area contributed by atoms with Crippen LogP contribution in [0.1, 0.15) is 16.7 Å². The fourth-order valence-corrected chi connectivity index (χ4v) is 5.24. The Hall–Kier alpha value is -3.85. The molecule has 1 saturated heterocycles. The maximum atomic E-state index is 13.6. The molecule has 7 nitrogen and oxygen atoms in total. The van der Waals surface area contributed by atoms with Crippen LogP contribution in [0.25, 0.3) is 0 Å². The summed E-state index contributed by atoms with van der Waals surface area (Å²) in [7, 11) is 0. The summed E-state index contributed by atoms with van der Waals surface area (Å²) in [6.45, 7) is 2.84. The van der Waals surface area contributed by atoms with Crippen LogP contribution in [0.15, 0.2) is 66.7 Å². The fourth-order valence-electron chi connectivity index (χ4n) is 5.24. The second-order valence-corrected chi connectivity index (χ2v) is 9.35. The van der Waals surface area contributed by atoms with Crippen molar-refractivity contribution in [3.05, 3.63) is 105 Å². The zero-order valence-electron chi connectivity index (χ0n) is 19.6. The average Bonchev–Trinajstić information content (AvgIpc) is 2.87. The van der Waals surface area contributed by atoms with Crippen molar-refractivity contribution < 1.29 is 18.5 Å². The first-order valence-corrected chi connectivity index (χ1v) is 11.9. The van der Waals surface area contributed by atoms with Crippen molar-refractivity contribution in [3.63, 3.8) is 0 Å². The standard InChI is InChI=1S/C27H26F2N4O3/c28-21-6-4-18(5-7-21)16-31-10-11-32-25-9-8-23(33(35)36)13-20(25)14-24(26(32)17-31)27(34)30-15-19-2-1-3-22(29)12-19/h1-9,12-13,24,26H,10-11,14-17H2,(H,30,34)/t24-,26+/m1/s1. The molecule has 2 atom stereocenters. The van der Waals surface area contributed by atoms with E-state index in [4.69, 9.17) is 0 Å². The zero-order chi connectivity index (χ0) is 25.2. The highest BCUT2D eigenvalue weighted by atomic mass is 19.1. The minimum absolute atomic E-state index is 0.000986. The summed E-state index contributed by atoms with van der Waals surface area (Å²) in [6.07, 6.45) is 0.373. The topological polar surface area (TPSA) is 78.7 Å². The minimum Gasteiger partial charge on any atom is -0.365 e. The molecule has 0 aromatic heterocycles. The molecule has 0 aliphatic carbocycles. The Bertz CT molecular complexity index is 1280. The number of nitrogens with one attached hydrogen (secondary N) is 1. The number of carbonyl (C=O) groups is 1. The first-order valence-electron chi connectivity index (χ1n) is 11.9. The molecule has 0 saturated carbocycles. The maximum absolute atomic E-state index is 13.6. The molecule has 9 heteroatoms. The van der Waals surface area contributed by atoms with E-state index < -0.39 is 10.8 Å². The Kier molecular flexibility index (Phi) is 6.65. The van der Waals surface area contributed by atoms with E-state index in [0.717, 1.165) is 23.4 Å². The van der Waals surface area contributed by atoms with Gasteiger partial charge in [-0.15, -0.1) is 0 Å². The summed E-state index contributed by atoms with van der Waals surface area (Å²) in [4.78, 5) is 28.8. The number of hydrogen-bond donors (Lipinski definition) is 1. The fraction of sp³-hybridized carbons (Fsp3) is 0.296. The molecule has 0 unspecified atom stereocenters. The summed E-state index contributed by atoms with van der Waals surface area (Å²) in [6, 6.07) is 17.2. The van der Waals surface area contributed by atoms with Gasteiger partial charge in [0.05, 0.1) is 16.9 Å². The second-order valence-electron chi connectivity index (χ2n) is 9.35. The van der Waals surface area contributed by atoms with Gasteiger partial charge in [-0.05, 0) is 53.4 Å². The number of hydrogen-bond acceptors (Lipinski definition) is 5. The van der Waals surface area contributed by atoms with Crippen molar-refractivity contribution in [2.45, 2.75) is 25.6 Å². The molecule has 2 aliphatic heterocycles. The number of piperazine rings is 1. The average molecular weight is 493 g/mol. The van der Waals surface area contributed by atoms with E-state index in [1.54, 1.807) is 36.4 Å². The van der Waals surface area contributed by atoms with Crippen LogP contribution in [-0.2, 0) is 24.3 Å². The van der Waals surface area contributed by atoms with Gasteiger partial charge in [-0.1, -0.05) is 24.3 Å². The van der Waals surface area contributed by atoms with Gasteiger partial charge in [0, 0.05) is 50.5 Å². The third kappa shape index (κ3) is 5.06. The Morgan fingerprint density at radius 1 is 1.00 bits per heavy atom. The zero-order valence-corrected chi connectivity index (χ0v) is 19.6. The lowest BCUT2D eigenvalue weighted by Gasteiger charge is -2.49. The first kappa shape index (κ1) is 23.9. The predicted molar refractivity (Wildman–Crippen MR) is 131 cm³/mol. The van der Waals surface area contributed by atoms with E-state index in [2.05, 4.69) is 15.1 Å². The molecule has 186 valence electrons. The van der Waals surface area contributed by atoms with Crippen molar-refractivity contribution in [3.8, 4) is 0 Å². The maximum Gasteiger partial charge on any atom is 0.269 e. The van der Waals surface area contributed by atoms with Gasteiger partial charge in [0.1, 0.15) is 11.6 Å². The number of nitro benzene ring substituents is 1. The molecule has 36 heavy (non-hydrogen) atoms. The Balaban J connectivity index is 1.39. The Labute approximate surface area is 207 Å². The highest BCUT2D eigenvalue weighted by Crippen LogP contribution is 2.38. The lowest BCUT2D eigenvalue weighted by atomic mass is 9.83. The molecular weight excluding hydrogens is 466 g/mol. The van der Waals surface area contributed by atoms with Crippen LogP contribution in [0, 0.1) is 27.7 Å². The van der Waals surface area contributed by atoms with Gasteiger partial charge >= 0.3 is 0 Å². The number of rotatable bonds is 6. The number of non-ortho nitro benzene ring substituents is 1. The van der Waals surface area contributed by atoms with Crippen LogP contribution >= 0.6 is 0 Å². The molecule has 1 fully saturated rings. The Morgan fingerprint density at radius 2 is 1.81 bits per heavy atom. The van der Waals surface area contributed by atoms with Crippen LogP contribution in [0.2, 0.25) is 0 Å². The molecule has 1 N–H and O–H groups in total. The quantitative estimate of drug-likeness (QED) is 0.415. The van der Waals surface area contributed by atoms with E-state index in [-0.39, 0.29) is 35.8 Å². The number of amides is 1. The molecular formula is C27H26F2N4O3. The monoisotopic (exact) mass is 492 g/mol. The summed E-state index contributed by atoms with van der Waals surface area (Å²) >= 11 is 0. The highest BCUT2D eigenvalue weighted by molar-refractivity contribution is 5.82. The van der Waals surface area contributed by atoms with Gasteiger partial charge in [-0.25, -0.2) is 8.78 Å². The largest absolute Gasteiger partial charge is 0.365 e.